The molecule has 0 aliphatic carbocycles. The predicted octanol–water partition coefficient (Wildman–Crippen LogP) is 4.06. The Kier molecular flexibility index (Phi) is 2.94. The van der Waals surface area contributed by atoms with Gasteiger partial charge in [-0.15, -0.1) is 0 Å². The van der Waals surface area contributed by atoms with E-state index in [1.807, 2.05) is 24.3 Å². The summed E-state index contributed by atoms with van der Waals surface area (Å²) in [5, 5.41) is 1.20. The number of aromatic nitrogens is 1. The second kappa shape index (κ2) is 4.59. The second-order valence-corrected chi connectivity index (χ2v) is 5.15. The lowest BCUT2D eigenvalue weighted by Crippen LogP contribution is -1.98. The number of rotatable bonds is 2. The van der Waals surface area contributed by atoms with Crippen LogP contribution >= 0.6 is 15.9 Å². The fraction of sp³-hybridized carbons (Fsp3) is 0.0667. The standard InChI is InChI=1S/C15H13BrN2/c16-11-6-7-13-12(8-11)15(14(9-17)18-13)10-4-2-1-3-5-10/h1-8,18H,9,17H2. The SMILES string of the molecule is NCc1[nH]c2ccc(Br)cc2c1-c1ccccc1. The van der Waals surface area contributed by atoms with E-state index in [0.29, 0.717) is 6.54 Å². The number of benzene rings is 2. The molecule has 2 aromatic carbocycles. The van der Waals surface area contributed by atoms with Crippen LogP contribution in [0.25, 0.3) is 22.0 Å². The molecule has 0 spiro atoms. The largest absolute Gasteiger partial charge is 0.357 e. The topological polar surface area (TPSA) is 41.8 Å². The van der Waals surface area contributed by atoms with E-state index in [9.17, 15) is 0 Å². The van der Waals surface area contributed by atoms with Crippen molar-refractivity contribution in [2.24, 2.45) is 5.73 Å². The van der Waals surface area contributed by atoms with Gasteiger partial charge in [0.05, 0.1) is 0 Å². The van der Waals surface area contributed by atoms with Crippen molar-refractivity contribution in [3.8, 4) is 11.1 Å². The van der Waals surface area contributed by atoms with E-state index in [2.05, 4.69) is 45.2 Å². The molecule has 18 heavy (non-hydrogen) atoms. The fourth-order valence-corrected chi connectivity index (χ4v) is 2.67. The smallest absolute Gasteiger partial charge is 0.0463 e. The molecule has 1 heterocycles. The van der Waals surface area contributed by atoms with Crippen LogP contribution in [0.1, 0.15) is 5.69 Å². The van der Waals surface area contributed by atoms with Crippen molar-refractivity contribution in [3.63, 3.8) is 0 Å². The number of nitrogens with one attached hydrogen (secondary N) is 1. The molecule has 3 rings (SSSR count). The van der Waals surface area contributed by atoms with Crippen molar-refractivity contribution in [1.82, 2.24) is 4.98 Å². The van der Waals surface area contributed by atoms with Gasteiger partial charge in [-0.1, -0.05) is 46.3 Å². The Morgan fingerprint density at radius 2 is 1.83 bits per heavy atom. The lowest BCUT2D eigenvalue weighted by molar-refractivity contribution is 1.02. The van der Waals surface area contributed by atoms with Crippen LogP contribution in [-0.4, -0.2) is 4.98 Å². The van der Waals surface area contributed by atoms with Gasteiger partial charge < -0.3 is 10.7 Å². The first-order chi connectivity index (χ1) is 8.79. The average Bonchev–Trinajstić information content (AvgIpc) is 2.77. The van der Waals surface area contributed by atoms with Crippen LogP contribution < -0.4 is 5.73 Å². The molecule has 0 aliphatic heterocycles. The van der Waals surface area contributed by atoms with E-state index in [4.69, 9.17) is 5.73 Å². The number of hydrogen-bond acceptors (Lipinski definition) is 1. The van der Waals surface area contributed by atoms with Crippen LogP contribution in [0.5, 0.6) is 0 Å². The molecule has 0 aliphatic rings. The van der Waals surface area contributed by atoms with Crippen molar-refractivity contribution < 1.29 is 0 Å². The third-order valence-electron chi connectivity index (χ3n) is 3.10. The van der Waals surface area contributed by atoms with E-state index in [1.54, 1.807) is 0 Å². The van der Waals surface area contributed by atoms with Crippen LogP contribution in [0, 0.1) is 0 Å². The van der Waals surface area contributed by atoms with Crippen LogP contribution in [0.4, 0.5) is 0 Å². The number of aromatic amines is 1. The van der Waals surface area contributed by atoms with Crippen molar-refractivity contribution in [1.29, 1.82) is 0 Å². The molecular formula is C15H13BrN2. The third-order valence-corrected chi connectivity index (χ3v) is 3.60. The first kappa shape index (κ1) is 11.5. The Morgan fingerprint density at radius 1 is 1.06 bits per heavy atom. The summed E-state index contributed by atoms with van der Waals surface area (Å²) in [6.45, 7) is 0.510. The maximum atomic E-state index is 5.85. The highest BCUT2D eigenvalue weighted by atomic mass is 79.9. The summed E-state index contributed by atoms with van der Waals surface area (Å²) < 4.78 is 1.08. The summed E-state index contributed by atoms with van der Waals surface area (Å²) in [7, 11) is 0. The van der Waals surface area contributed by atoms with Crippen LogP contribution in [0.3, 0.4) is 0 Å². The molecule has 0 fully saturated rings. The van der Waals surface area contributed by atoms with Gasteiger partial charge in [0.15, 0.2) is 0 Å². The Bertz CT molecular complexity index is 686. The minimum atomic E-state index is 0.510. The molecule has 0 atom stereocenters. The predicted molar refractivity (Wildman–Crippen MR) is 79.3 cm³/mol. The van der Waals surface area contributed by atoms with E-state index in [-0.39, 0.29) is 0 Å². The van der Waals surface area contributed by atoms with Gasteiger partial charge in [-0.05, 0) is 23.8 Å². The molecule has 0 unspecified atom stereocenters. The molecule has 3 heteroatoms. The van der Waals surface area contributed by atoms with E-state index >= 15 is 0 Å². The highest BCUT2D eigenvalue weighted by Crippen LogP contribution is 2.33. The average molecular weight is 301 g/mol. The fourth-order valence-electron chi connectivity index (χ4n) is 2.31. The molecule has 0 amide bonds. The molecule has 0 saturated heterocycles. The summed E-state index contributed by atoms with van der Waals surface area (Å²) in [5.74, 6) is 0. The molecule has 90 valence electrons. The van der Waals surface area contributed by atoms with E-state index in [1.165, 1.54) is 16.5 Å². The van der Waals surface area contributed by atoms with Gasteiger partial charge in [-0.25, -0.2) is 0 Å². The lowest BCUT2D eigenvalue weighted by atomic mass is 10.0. The van der Waals surface area contributed by atoms with Gasteiger partial charge in [-0.3, -0.25) is 0 Å². The summed E-state index contributed by atoms with van der Waals surface area (Å²) in [5.41, 5.74) is 10.4. The van der Waals surface area contributed by atoms with Gasteiger partial charge >= 0.3 is 0 Å². The Hall–Kier alpha value is -1.58. The molecule has 1 aromatic heterocycles. The normalized spacial score (nSPS) is 11.0. The lowest BCUT2D eigenvalue weighted by Gasteiger charge is -2.03. The molecular weight excluding hydrogens is 288 g/mol. The van der Waals surface area contributed by atoms with Crippen LogP contribution in [-0.2, 0) is 6.54 Å². The summed E-state index contributed by atoms with van der Waals surface area (Å²) >= 11 is 3.53. The Labute approximate surface area is 114 Å². The van der Waals surface area contributed by atoms with E-state index in [0.717, 1.165) is 15.7 Å². The molecule has 3 aromatic rings. The minimum Gasteiger partial charge on any atom is -0.357 e. The van der Waals surface area contributed by atoms with Crippen molar-refractivity contribution in [3.05, 3.63) is 58.7 Å². The van der Waals surface area contributed by atoms with Gasteiger partial charge in [0, 0.05) is 33.2 Å². The number of nitrogens with two attached hydrogens (primary N) is 1. The zero-order valence-electron chi connectivity index (χ0n) is 9.78. The first-order valence-corrected chi connectivity index (χ1v) is 6.64. The van der Waals surface area contributed by atoms with Crippen LogP contribution in [0.2, 0.25) is 0 Å². The Balaban J connectivity index is 2.35. The minimum absolute atomic E-state index is 0.510. The monoisotopic (exact) mass is 300 g/mol. The van der Waals surface area contributed by atoms with Crippen molar-refractivity contribution in [2.75, 3.05) is 0 Å². The summed E-state index contributed by atoms with van der Waals surface area (Å²) in [6.07, 6.45) is 0. The first-order valence-electron chi connectivity index (χ1n) is 5.85. The maximum Gasteiger partial charge on any atom is 0.0463 e. The molecule has 0 radical (unpaired) electrons. The van der Waals surface area contributed by atoms with Gasteiger partial charge in [0.2, 0.25) is 0 Å². The highest BCUT2D eigenvalue weighted by molar-refractivity contribution is 9.10. The third kappa shape index (κ3) is 1.85. The molecule has 2 nitrogen and oxygen atoms in total. The molecule has 0 saturated carbocycles. The van der Waals surface area contributed by atoms with Crippen LogP contribution in [0.15, 0.2) is 53.0 Å². The molecule has 3 N–H and O–H groups in total. The van der Waals surface area contributed by atoms with Crippen molar-refractivity contribution in [2.45, 2.75) is 6.54 Å². The zero-order valence-corrected chi connectivity index (χ0v) is 11.4. The zero-order chi connectivity index (χ0) is 12.5. The quantitative estimate of drug-likeness (QED) is 0.736. The van der Waals surface area contributed by atoms with Gasteiger partial charge in [-0.2, -0.15) is 0 Å². The second-order valence-electron chi connectivity index (χ2n) is 4.24. The van der Waals surface area contributed by atoms with Crippen molar-refractivity contribution >= 4 is 26.8 Å². The maximum absolute atomic E-state index is 5.85. The summed E-state index contributed by atoms with van der Waals surface area (Å²) in [6, 6.07) is 16.6. The highest BCUT2D eigenvalue weighted by Gasteiger charge is 2.12. The summed E-state index contributed by atoms with van der Waals surface area (Å²) in [4.78, 5) is 3.39. The van der Waals surface area contributed by atoms with Gasteiger partial charge in [0.1, 0.15) is 0 Å². The number of H-pyrrole nitrogens is 1. The number of hydrogen-bond donors (Lipinski definition) is 2. The molecule has 0 bridgehead atoms. The van der Waals surface area contributed by atoms with Gasteiger partial charge in [0.25, 0.3) is 0 Å². The Morgan fingerprint density at radius 3 is 2.56 bits per heavy atom. The number of halogens is 1. The number of fused-ring (bicyclic) bond motifs is 1. The van der Waals surface area contributed by atoms with E-state index < -0.39 is 0 Å².